The second-order valence-electron chi connectivity index (χ2n) is 7.18. The molecule has 0 aromatic heterocycles. The number of alkyl halides is 3. The van der Waals surface area contributed by atoms with Gasteiger partial charge in [0.25, 0.3) is 0 Å². The van der Waals surface area contributed by atoms with E-state index >= 15 is 0 Å². The average Bonchev–Trinajstić information content (AvgIpc) is 3.36. The second-order valence-corrected chi connectivity index (χ2v) is 9.96. The number of carbonyl (C=O) groups is 1. The lowest BCUT2D eigenvalue weighted by molar-refractivity contribution is -0.139. The molecule has 29 heavy (non-hydrogen) atoms. The van der Waals surface area contributed by atoms with Gasteiger partial charge in [0.05, 0.1) is 16.2 Å². The molecule has 3 rings (SSSR count). The van der Waals surface area contributed by atoms with Crippen molar-refractivity contribution in [3.8, 4) is 0 Å². The molecule has 1 saturated carbocycles. The third-order valence-corrected chi connectivity index (χ3v) is 7.23. The lowest BCUT2D eigenvalue weighted by atomic mass is 10.1. The minimum Gasteiger partial charge on any atom is -0.326 e. The van der Waals surface area contributed by atoms with E-state index < -0.39 is 43.5 Å². The first kappa shape index (κ1) is 21.9. The number of halogens is 5. The third kappa shape index (κ3) is 4.70. The largest absolute Gasteiger partial charge is 0.417 e. The minimum absolute atomic E-state index is 0.0167. The van der Waals surface area contributed by atoms with Crippen molar-refractivity contribution in [2.45, 2.75) is 36.6 Å². The first-order chi connectivity index (χ1) is 13.3. The van der Waals surface area contributed by atoms with Crippen LogP contribution in [0.5, 0.6) is 0 Å². The molecule has 1 fully saturated rings. The summed E-state index contributed by atoms with van der Waals surface area (Å²) in [6.07, 6.45) is -3.65. The summed E-state index contributed by atoms with van der Waals surface area (Å²) in [6, 6.07) is 6.92. The molecule has 156 valence electrons. The van der Waals surface area contributed by atoms with Crippen LogP contribution < -0.4 is 5.32 Å². The van der Waals surface area contributed by atoms with Crippen LogP contribution in [0.4, 0.5) is 18.9 Å². The third-order valence-electron chi connectivity index (χ3n) is 4.82. The van der Waals surface area contributed by atoms with Crippen LogP contribution in [0.2, 0.25) is 10.0 Å². The zero-order valence-corrected chi connectivity index (χ0v) is 17.4. The molecule has 0 heterocycles. The molecule has 0 spiro atoms. The predicted octanol–water partition coefficient (Wildman–Crippen LogP) is 5.72. The Balaban J connectivity index is 2.00. The normalized spacial score (nSPS) is 15.8. The van der Waals surface area contributed by atoms with Gasteiger partial charge in [0.1, 0.15) is 0 Å². The van der Waals surface area contributed by atoms with Crippen LogP contribution in [0.15, 0.2) is 41.3 Å². The number of sulfone groups is 1. The molecule has 1 aliphatic rings. The first-order valence-electron chi connectivity index (χ1n) is 8.52. The van der Waals surface area contributed by atoms with Crippen molar-refractivity contribution in [3.63, 3.8) is 0 Å². The highest BCUT2D eigenvalue weighted by Gasteiger charge is 2.45. The number of anilines is 1. The molecular weight excluding hydrogens is 450 g/mol. The van der Waals surface area contributed by atoms with Crippen LogP contribution in [0, 0.1) is 5.41 Å². The molecule has 2 aromatic carbocycles. The fourth-order valence-electron chi connectivity index (χ4n) is 2.74. The summed E-state index contributed by atoms with van der Waals surface area (Å²) in [5, 5.41) is 2.50. The topological polar surface area (TPSA) is 63.2 Å². The highest BCUT2D eigenvalue weighted by atomic mass is 35.5. The fraction of sp³-hybridized carbons (Fsp3) is 0.316. The molecule has 10 heteroatoms. The van der Waals surface area contributed by atoms with Crippen LogP contribution in [0.25, 0.3) is 0 Å². The zero-order valence-electron chi connectivity index (χ0n) is 15.1. The highest BCUT2D eigenvalue weighted by molar-refractivity contribution is 7.90. The molecule has 0 bridgehead atoms. The van der Waals surface area contributed by atoms with Crippen molar-refractivity contribution in [3.05, 3.63) is 57.6 Å². The summed E-state index contributed by atoms with van der Waals surface area (Å²) in [4.78, 5) is 11.2. The number of nitrogens with one attached hydrogen (secondary N) is 1. The predicted molar refractivity (Wildman–Crippen MR) is 105 cm³/mol. The number of carbonyl (C=O) groups excluding carboxylic acids is 1. The van der Waals surface area contributed by atoms with E-state index in [1.54, 1.807) is 6.92 Å². The van der Waals surface area contributed by atoms with Crippen molar-refractivity contribution < 1.29 is 26.4 Å². The van der Waals surface area contributed by atoms with Crippen molar-refractivity contribution in [1.82, 2.24) is 0 Å². The van der Waals surface area contributed by atoms with E-state index in [2.05, 4.69) is 5.32 Å². The Bertz CT molecular complexity index is 1060. The molecule has 4 nitrogen and oxygen atoms in total. The van der Waals surface area contributed by atoms with E-state index in [4.69, 9.17) is 23.2 Å². The van der Waals surface area contributed by atoms with Crippen LogP contribution in [0.3, 0.4) is 0 Å². The van der Waals surface area contributed by atoms with E-state index in [-0.39, 0.29) is 21.3 Å². The van der Waals surface area contributed by atoms with Gasteiger partial charge >= 0.3 is 6.18 Å². The maximum Gasteiger partial charge on any atom is 0.417 e. The molecule has 0 atom stereocenters. The van der Waals surface area contributed by atoms with Crippen LogP contribution in [0.1, 0.15) is 30.9 Å². The first-order valence-corrected chi connectivity index (χ1v) is 10.9. The van der Waals surface area contributed by atoms with E-state index in [9.17, 15) is 26.4 Å². The van der Waals surface area contributed by atoms with E-state index in [1.807, 2.05) is 0 Å². The molecule has 0 unspecified atom stereocenters. The minimum atomic E-state index is -4.95. The quantitative estimate of drug-likeness (QED) is 0.613. The van der Waals surface area contributed by atoms with Gasteiger partial charge in [0.15, 0.2) is 9.84 Å². The van der Waals surface area contributed by atoms with Gasteiger partial charge in [-0.1, -0.05) is 36.2 Å². The van der Waals surface area contributed by atoms with E-state index in [0.29, 0.717) is 18.9 Å². The van der Waals surface area contributed by atoms with E-state index in [1.165, 1.54) is 18.2 Å². The number of benzene rings is 2. The summed E-state index contributed by atoms with van der Waals surface area (Å²) in [5.41, 5.74) is -2.06. The van der Waals surface area contributed by atoms with Gasteiger partial charge in [-0.2, -0.15) is 13.2 Å². The maximum absolute atomic E-state index is 13.6. The molecule has 0 aliphatic heterocycles. The van der Waals surface area contributed by atoms with Crippen LogP contribution in [-0.4, -0.2) is 14.3 Å². The second kappa shape index (κ2) is 7.49. The molecule has 1 amide bonds. The molecule has 1 N–H and O–H groups in total. The smallest absolute Gasteiger partial charge is 0.326 e. The maximum atomic E-state index is 13.6. The van der Waals surface area contributed by atoms with Gasteiger partial charge in [0.2, 0.25) is 5.91 Å². The Kier molecular flexibility index (Phi) is 5.66. The molecule has 1 aliphatic carbocycles. The van der Waals surface area contributed by atoms with Gasteiger partial charge < -0.3 is 5.32 Å². The molecule has 0 saturated heterocycles. The van der Waals surface area contributed by atoms with Crippen molar-refractivity contribution >= 4 is 44.6 Å². The van der Waals surface area contributed by atoms with Crippen molar-refractivity contribution in [2.24, 2.45) is 5.41 Å². The number of rotatable bonds is 5. The lowest BCUT2D eigenvalue weighted by Crippen LogP contribution is -2.22. The van der Waals surface area contributed by atoms with Crippen LogP contribution in [-0.2, 0) is 26.6 Å². The monoisotopic (exact) mass is 465 g/mol. The Hall–Kier alpha value is -1.77. The Morgan fingerprint density at radius 1 is 1.14 bits per heavy atom. The Labute approximate surface area is 175 Å². The average molecular weight is 466 g/mol. The summed E-state index contributed by atoms with van der Waals surface area (Å²) in [7, 11) is -4.44. The van der Waals surface area contributed by atoms with Gasteiger partial charge in [-0.05, 0) is 43.2 Å². The summed E-state index contributed by atoms with van der Waals surface area (Å²) < 4.78 is 66.4. The van der Waals surface area contributed by atoms with Crippen LogP contribution >= 0.6 is 23.2 Å². The summed E-state index contributed by atoms with van der Waals surface area (Å²) in [6.45, 7) is 1.71. The number of amides is 1. The van der Waals surface area contributed by atoms with Gasteiger partial charge in [-0.3, -0.25) is 4.79 Å². The van der Waals surface area contributed by atoms with Gasteiger partial charge in [0, 0.05) is 26.7 Å². The molecule has 2 aromatic rings. The van der Waals surface area contributed by atoms with Crippen molar-refractivity contribution in [2.75, 3.05) is 5.32 Å². The summed E-state index contributed by atoms with van der Waals surface area (Å²) in [5.74, 6) is -1.19. The Morgan fingerprint density at radius 2 is 1.72 bits per heavy atom. The number of hydrogen-bond acceptors (Lipinski definition) is 3. The Morgan fingerprint density at radius 3 is 2.24 bits per heavy atom. The SMILES string of the molecule is CC1(C(=O)Nc2ccc(S(=O)(=O)Cc3c(Cl)cccc3Cl)c(C(F)(F)F)c2)CC1. The van der Waals surface area contributed by atoms with Crippen molar-refractivity contribution in [1.29, 1.82) is 0 Å². The van der Waals surface area contributed by atoms with Gasteiger partial charge in [-0.15, -0.1) is 0 Å². The van der Waals surface area contributed by atoms with Gasteiger partial charge in [-0.25, -0.2) is 8.42 Å². The highest BCUT2D eigenvalue weighted by Crippen LogP contribution is 2.46. The summed E-state index contributed by atoms with van der Waals surface area (Å²) >= 11 is 11.9. The molecular formula is C19H16Cl2F3NO3S. The lowest BCUT2D eigenvalue weighted by Gasteiger charge is -2.17. The number of hydrogen-bond donors (Lipinski definition) is 1. The van der Waals surface area contributed by atoms with E-state index in [0.717, 1.165) is 12.1 Å². The molecule has 0 radical (unpaired) electrons. The fourth-order valence-corrected chi connectivity index (χ4v) is 5.06. The zero-order chi connectivity index (χ0) is 21.6. The standard InChI is InChI=1S/C19H16Cl2F3NO3S/c1-18(7-8-18)17(26)25-11-5-6-16(13(9-11)19(22,23)24)29(27,28)10-12-14(20)3-2-4-15(12)21/h2-6,9H,7-8,10H2,1H3,(H,25,26).